The van der Waals surface area contributed by atoms with Crippen LogP contribution in [-0.2, 0) is 14.4 Å². The lowest BCUT2D eigenvalue weighted by Crippen LogP contribution is -2.53. The van der Waals surface area contributed by atoms with Crippen LogP contribution in [-0.4, -0.2) is 54.1 Å². The molecule has 0 saturated carbocycles. The maximum atomic E-state index is 11.8. The molecule has 0 fully saturated rings. The van der Waals surface area contributed by atoms with Crippen molar-refractivity contribution in [2.75, 3.05) is 14.2 Å². The van der Waals surface area contributed by atoms with Crippen LogP contribution in [0, 0.1) is 0 Å². The molecule has 0 rings (SSSR count). The van der Waals surface area contributed by atoms with Gasteiger partial charge in [0, 0.05) is 7.05 Å². The highest BCUT2D eigenvalue weighted by molar-refractivity contribution is 5.85. The Morgan fingerprint density at radius 3 is 2.17 bits per heavy atom. The van der Waals surface area contributed by atoms with Crippen molar-refractivity contribution in [3.8, 4) is 0 Å². The summed E-state index contributed by atoms with van der Waals surface area (Å²) in [6, 6.07) is -1.12. The number of alkyl carbamates (subject to hydrolysis) is 1. The standard InChI is InChI=1S/C11H22N2O5/c1-7(14)8(9(15)13(5)17-6)12-10(16)18-11(2,3)4/h7-8,14H,1-6H3,(H,12,16)/t7-,8+/m0/s1. The van der Waals surface area contributed by atoms with Gasteiger partial charge in [-0.2, -0.15) is 0 Å². The number of hydroxylamine groups is 2. The molecule has 106 valence electrons. The zero-order valence-electron chi connectivity index (χ0n) is 11.7. The van der Waals surface area contributed by atoms with E-state index in [2.05, 4.69) is 5.32 Å². The van der Waals surface area contributed by atoms with Gasteiger partial charge in [0.05, 0.1) is 13.2 Å². The highest BCUT2D eigenvalue weighted by Crippen LogP contribution is 2.08. The van der Waals surface area contributed by atoms with Gasteiger partial charge in [-0.25, -0.2) is 9.86 Å². The molecule has 0 heterocycles. The Bertz CT molecular complexity index is 298. The van der Waals surface area contributed by atoms with Crippen molar-refractivity contribution < 1.29 is 24.3 Å². The van der Waals surface area contributed by atoms with Crippen molar-refractivity contribution in [3.63, 3.8) is 0 Å². The molecule has 2 atom stereocenters. The topological polar surface area (TPSA) is 88.1 Å². The SMILES string of the molecule is CON(C)C(=O)[C@H](NC(=O)OC(C)(C)C)[C@H](C)O. The third-order valence-corrected chi connectivity index (χ3v) is 2.00. The molecule has 0 unspecified atom stereocenters. The molecule has 0 aromatic carbocycles. The predicted octanol–water partition coefficient (Wildman–Crippen LogP) is 0.280. The van der Waals surface area contributed by atoms with Crippen molar-refractivity contribution >= 4 is 12.0 Å². The fourth-order valence-electron chi connectivity index (χ4n) is 1.11. The summed E-state index contributed by atoms with van der Waals surface area (Å²) >= 11 is 0. The summed E-state index contributed by atoms with van der Waals surface area (Å²) in [6.07, 6.45) is -1.84. The number of carbonyl (C=O) groups excluding carboxylic acids is 2. The van der Waals surface area contributed by atoms with E-state index in [-0.39, 0.29) is 0 Å². The maximum Gasteiger partial charge on any atom is 0.408 e. The molecule has 7 nitrogen and oxygen atoms in total. The van der Waals surface area contributed by atoms with E-state index in [1.807, 2.05) is 0 Å². The van der Waals surface area contributed by atoms with Crippen LogP contribution in [0.3, 0.4) is 0 Å². The second-order valence-corrected chi connectivity index (χ2v) is 4.88. The number of hydrogen-bond acceptors (Lipinski definition) is 5. The first-order chi connectivity index (χ1) is 8.08. The van der Waals surface area contributed by atoms with E-state index in [9.17, 15) is 14.7 Å². The largest absolute Gasteiger partial charge is 0.444 e. The van der Waals surface area contributed by atoms with Gasteiger partial charge in [0.1, 0.15) is 11.6 Å². The summed E-state index contributed by atoms with van der Waals surface area (Å²) in [6.45, 7) is 6.50. The summed E-state index contributed by atoms with van der Waals surface area (Å²) in [5.41, 5.74) is -0.677. The fraction of sp³-hybridized carbons (Fsp3) is 0.818. The number of nitrogens with one attached hydrogen (secondary N) is 1. The Morgan fingerprint density at radius 1 is 1.33 bits per heavy atom. The van der Waals surface area contributed by atoms with Crippen LogP contribution >= 0.6 is 0 Å². The third kappa shape index (κ3) is 5.83. The van der Waals surface area contributed by atoms with Gasteiger partial charge in [-0.05, 0) is 27.7 Å². The zero-order valence-corrected chi connectivity index (χ0v) is 11.7. The number of amides is 2. The van der Waals surface area contributed by atoms with E-state index >= 15 is 0 Å². The number of aliphatic hydroxyl groups is 1. The Labute approximate surface area is 107 Å². The monoisotopic (exact) mass is 262 g/mol. The summed E-state index contributed by atoms with van der Waals surface area (Å²) in [4.78, 5) is 28.0. The first kappa shape index (κ1) is 16.7. The van der Waals surface area contributed by atoms with E-state index in [0.29, 0.717) is 0 Å². The van der Waals surface area contributed by atoms with Gasteiger partial charge < -0.3 is 15.2 Å². The average Bonchev–Trinajstić information content (AvgIpc) is 2.20. The Balaban J connectivity index is 4.65. The number of aliphatic hydroxyl groups excluding tert-OH is 1. The maximum absolute atomic E-state index is 11.8. The second kappa shape index (κ2) is 6.55. The van der Waals surface area contributed by atoms with Crippen LogP contribution in [0.25, 0.3) is 0 Å². The van der Waals surface area contributed by atoms with Crippen LogP contribution in [0.15, 0.2) is 0 Å². The molecule has 2 amide bonds. The summed E-state index contributed by atoms with van der Waals surface area (Å²) < 4.78 is 5.01. The summed E-state index contributed by atoms with van der Waals surface area (Å²) in [5.74, 6) is -0.571. The lowest BCUT2D eigenvalue weighted by Gasteiger charge is -2.26. The normalized spacial score (nSPS) is 14.6. The molecular formula is C11H22N2O5. The number of carbonyl (C=O) groups is 2. The van der Waals surface area contributed by atoms with Crippen molar-refractivity contribution in [2.45, 2.75) is 45.4 Å². The molecular weight excluding hydrogens is 240 g/mol. The van der Waals surface area contributed by atoms with E-state index < -0.39 is 29.7 Å². The van der Waals surface area contributed by atoms with E-state index in [1.54, 1.807) is 20.8 Å². The van der Waals surface area contributed by atoms with Gasteiger partial charge in [-0.15, -0.1) is 0 Å². The molecule has 0 saturated heterocycles. The Hall–Kier alpha value is -1.34. The van der Waals surface area contributed by atoms with Crippen molar-refractivity contribution in [1.29, 1.82) is 0 Å². The van der Waals surface area contributed by atoms with Gasteiger partial charge in [-0.3, -0.25) is 9.63 Å². The highest BCUT2D eigenvalue weighted by Gasteiger charge is 2.30. The fourth-order valence-corrected chi connectivity index (χ4v) is 1.11. The lowest BCUT2D eigenvalue weighted by molar-refractivity contribution is -0.173. The summed E-state index contributed by atoms with van der Waals surface area (Å²) in [7, 11) is 2.69. The van der Waals surface area contributed by atoms with Crippen molar-refractivity contribution in [2.24, 2.45) is 0 Å². The molecule has 0 aliphatic carbocycles. The molecule has 0 aliphatic heterocycles. The molecule has 18 heavy (non-hydrogen) atoms. The molecule has 0 aliphatic rings. The van der Waals surface area contributed by atoms with E-state index in [0.717, 1.165) is 5.06 Å². The number of rotatable bonds is 4. The minimum Gasteiger partial charge on any atom is -0.444 e. The van der Waals surface area contributed by atoms with Gasteiger partial charge >= 0.3 is 6.09 Å². The second-order valence-electron chi connectivity index (χ2n) is 4.88. The summed E-state index contributed by atoms with van der Waals surface area (Å²) in [5, 5.41) is 12.7. The van der Waals surface area contributed by atoms with Gasteiger partial charge in [0.15, 0.2) is 0 Å². The van der Waals surface area contributed by atoms with Crippen LogP contribution in [0.4, 0.5) is 4.79 Å². The van der Waals surface area contributed by atoms with Crippen LogP contribution in [0.1, 0.15) is 27.7 Å². The van der Waals surface area contributed by atoms with E-state index in [1.165, 1.54) is 21.1 Å². The van der Waals surface area contributed by atoms with Crippen molar-refractivity contribution in [3.05, 3.63) is 0 Å². The zero-order chi connectivity index (χ0) is 14.5. The Kier molecular flexibility index (Phi) is 6.07. The molecule has 2 N–H and O–H groups in total. The highest BCUT2D eigenvalue weighted by atomic mass is 16.7. The minimum atomic E-state index is -1.12. The van der Waals surface area contributed by atoms with Gasteiger partial charge in [0.2, 0.25) is 0 Å². The molecule has 7 heteroatoms. The lowest BCUT2D eigenvalue weighted by atomic mass is 10.1. The number of hydrogen-bond donors (Lipinski definition) is 2. The smallest absolute Gasteiger partial charge is 0.408 e. The average molecular weight is 262 g/mol. The van der Waals surface area contributed by atoms with Gasteiger partial charge in [0.25, 0.3) is 5.91 Å². The molecule has 0 aromatic heterocycles. The first-order valence-electron chi connectivity index (χ1n) is 5.57. The van der Waals surface area contributed by atoms with Crippen LogP contribution < -0.4 is 5.32 Å². The van der Waals surface area contributed by atoms with Crippen LogP contribution in [0.5, 0.6) is 0 Å². The minimum absolute atomic E-state index is 0.571. The Morgan fingerprint density at radius 2 is 1.83 bits per heavy atom. The van der Waals surface area contributed by atoms with E-state index in [4.69, 9.17) is 9.57 Å². The number of nitrogens with zero attached hydrogens (tertiary/aromatic N) is 1. The van der Waals surface area contributed by atoms with Crippen molar-refractivity contribution in [1.82, 2.24) is 10.4 Å². The third-order valence-electron chi connectivity index (χ3n) is 2.00. The number of likely N-dealkylation sites (N-methyl/N-ethyl adjacent to an activating group) is 1. The molecule has 0 spiro atoms. The number of ether oxygens (including phenoxy) is 1. The quantitative estimate of drug-likeness (QED) is 0.710. The molecule has 0 bridgehead atoms. The van der Waals surface area contributed by atoms with Crippen LogP contribution in [0.2, 0.25) is 0 Å². The molecule has 0 aromatic rings. The predicted molar refractivity (Wildman–Crippen MR) is 64.6 cm³/mol. The molecule has 0 radical (unpaired) electrons. The first-order valence-corrected chi connectivity index (χ1v) is 5.57. The van der Waals surface area contributed by atoms with Gasteiger partial charge in [-0.1, -0.05) is 0 Å².